The molecule has 0 spiro atoms. The first-order chi connectivity index (χ1) is 3.31. The summed E-state index contributed by atoms with van der Waals surface area (Å²) in [7, 11) is 1.26. The fourth-order valence-corrected chi connectivity index (χ4v) is 0.901. The van der Waals surface area contributed by atoms with Gasteiger partial charge in [0.1, 0.15) is 0 Å². The summed E-state index contributed by atoms with van der Waals surface area (Å²) in [4.78, 5) is 0. The Labute approximate surface area is 49.0 Å². The van der Waals surface area contributed by atoms with Crippen LogP contribution in [-0.2, 0) is 0 Å². The van der Waals surface area contributed by atoms with Gasteiger partial charge in [-0.25, -0.2) is 0 Å². The molecule has 0 nitrogen and oxygen atoms in total. The van der Waals surface area contributed by atoms with E-state index in [0.717, 1.165) is 0 Å². The Morgan fingerprint density at radius 1 is 1.57 bits per heavy atom. The first-order valence-electron chi connectivity index (χ1n) is 2.96. The normalized spacial score (nSPS) is 12.6. The molecular formula is C6H14Si. The van der Waals surface area contributed by atoms with Gasteiger partial charge in [0.2, 0.25) is 0 Å². The predicted octanol–water partition coefficient (Wildman–Crippen LogP) is 1.06. The smallest absolute Gasteiger partial charge is 0.0328 e. The summed E-state index contributed by atoms with van der Waals surface area (Å²) in [5.41, 5.74) is 0. The van der Waals surface area contributed by atoms with Crippen LogP contribution in [0.25, 0.3) is 0 Å². The highest BCUT2D eigenvalue weighted by Gasteiger charge is 1.76. The molecule has 0 aromatic carbocycles. The molecule has 0 aliphatic rings. The van der Waals surface area contributed by atoms with Crippen molar-refractivity contribution in [3.05, 3.63) is 11.3 Å². The molecule has 0 aromatic heterocycles. The third-order valence-corrected chi connectivity index (χ3v) is 2.23. The minimum Gasteiger partial charge on any atom is -0.0959 e. The largest absolute Gasteiger partial charge is 0.0959 e. The molecule has 0 atom stereocenters. The topological polar surface area (TPSA) is 0 Å². The van der Waals surface area contributed by atoms with Crippen molar-refractivity contribution in [2.45, 2.75) is 26.7 Å². The molecule has 0 unspecified atom stereocenters. The quantitative estimate of drug-likeness (QED) is 0.471. The Hall–Kier alpha value is -0.0431. The molecule has 0 rings (SSSR count). The third-order valence-electron chi connectivity index (χ3n) is 1.11. The lowest BCUT2D eigenvalue weighted by Gasteiger charge is -1.88. The van der Waals surface area contributed by atoms with Crippen molar-refractivity contribution in [3.63, 3.8) is 0 Å². The molecule has 0 heterocycles. The van der Waals surface area contributed by atoms with Gasteiger partial charge in [-0.05, 0) is 12.8 Å². The van der Waals surface area contributed by atoms with E-state index in [0.29, 0.717) is 0 Å². The Morgan fingerprint density at radius 3 is 2.29 bits per heavy atom. The summed E-state index contributed by atoms with van der Waals surface area (Å²) >= 11 is 0. The fourth-order valence-electron chi connectivity index (χ4n) is 0.493. The van der Waals surface area contributed by atoms with Gasteiger partial charge in [-0.1, -0.05) is 25.1 Å². The van der Waals surface area contributed by atoms with E-state index >= 15 is 0 Å². The molecule has 0 bridgehead atoms. The van der Waals surface area contributed by atoms with Crippen LogP contribution >= 0.6 is 0 Å². The van der Waals surface area contributed by atoms with Gasteiger partial charge in [0.05, 0.1) is 0 Å². The van der Waals surface area contributed by atoms with E-state index in [1.165, 1.54) is 23.1 Å². The molecule has 1 heteroatoms. The molecule has 0 N–H and O–H groups in total. The first kappa shape index (κ1) is 6.96. The van der Waals surface area contributed by atoms with Gasteiger partial charge in [0, 0.05) is 10.2 Å². The third kappa shape index (κ3) is 3.80. The van der Waals surface area contributed by atoms with E-state index in [2.05, 4.69) is 19.9 Å². The first-order valence-corrected chi connectivity index (χ1v) is 3.96. The summed E-state index contributed by atoms with van der Waals surface area (Å²) in [5.74, 6) is 0. The van der Waals surface area contributed by atoms with Crippen molar-refractivity contribution < 1.29 is 0 Å². The SMILES string of the molecule is CCC=C([SiH3])CC. The molecule has 0 radical (unpaired) electrons. The molecule has 42 valence electrons. The van der Waals surface area contributed by atoms with Crippen LogP contribution in [0.3, 0.4) is 0 Å². The molecule has 0 aliphatic heterocycles. The van der Waals surface area contributed by atoms with Crippen molar-refractivity contribution in [1.82, 2.24) is 0 Å². The molecular weight excluding hydrogens is 100 g/mol. The summed E-state index contributed by atoms with van der Waals surface area (Å²) in [6.45, 7) is 4.40. The zero-order valence-corrected chi connectivity index (χ0v) is 7.49. The van der Waals surface area contributed by atoms with E-state index in [9.17, 15) is 0 Å². The van der Waals surface area contributed by atoms with E-state index in [1.54, 1.807) is 5.20 Å². The average Bonchev–Trinajstić information content (AvgIpc) is 1.68. The fraction of sp³-hybridized carbons (Fsp3) is 0.667. The van der Waals surface area contributed by atoms with Gasteiger partial charge < -0.3 is 0 Å². The molecule has 7 heavy (non-hydrogen) atoms. The summed E-state index contributed by atoms with van der Waals surface area (Å²) < 4.78 is 0. The predicted molar refractivity (Wildman–Crippen MR) is 38.6 cm³/mol. The standard InChI is InChI=1S/C6H14Si/c1-3-5-6(7)4-2/h5H,3-4H2,1-2,7H3. The van der Waals surface area contributed by atoms with E-state index < -0.39 is 0 Å². The lowest BCUT2D eigenvalue weighted by Crippen LogP contribution is -1.74. The van der Waals surface area contributed by atoms with Crippen LogP contribution in [0.2, 0.25) is 0 Å². The van der Waals surface area contributed by atoms with Crippen LogP contribution in [0.15, 0.2) is 11.3 Å². The molecule has 0 amide bonds. The van der Waals surface area contributed by atoms with Gasteiger partial charge in [0.25, 0.3) is 0 Å². The Kier molecular flexibility index (Phi) is 4.10. The average molecular weight is 114 g/mol. The lowest BCUT2D eigenvalue weighted by molar-refractivity contribution is 1.13. The van der Waals surface area contributed by atoms with Gasteiger partial charge in [-0.2, -0.15) is 0 Å². The Balaban J connectivity index is 3.29. The second-order valence-electron chi connectivity index (χ2n) is 1.81. The highest BCUT2D eigenvalue weighted by Crippen LogP contribution is 1.93. The van der Waals surface area contributed by atoms with Crippen LogP contribution in [0.4, 0.5) is 0 Å². The van der Waals surface area contributed by atoms with Crippen LogP contribution in [0.5, 0.6) is 0 Å². The van der Waals surface area contributed by atoms with E-state index in [4.69, 9.17) is 0 Å². The zero-order chi connectivity index (χ0) is 5.70. The van der Waals surface area contributed by atoms with Gasteiger partial charge in [0.15, 0.2) is 0 Å². The minimum absolute atomic E-state index is 1.21. The number of rotatable bonds is 2. The van der Waals surface area contributed by atoms with Crippen molar-refractivity contribution >= 4 is 10.2 Å². The van der Waals surface area contributed by atoms with Crippen molar-refractivity contribution in [1.29, 1.82) is 0 Å². The summed E-state index contributed by atoms with van der Waals surface area (Å²) in [5, 5.41) is 1.64. The number of allylic oxidation sites excluding steroid dienone is 2. The number of hydrogen-bond acceptors (Lipinski definition) is 0. The summed E-state index contributed by atoms with van der Waals surface area (Å²) in [6.07, 6.45) is 4.80. The van der Waals surface area contributed by atoms with Crippen LogP contribution in [0, 0.1) is 0 Å². The van der Waals surface area contributed by atoms with Gasteiger partial charge in [-0.3, -0.25) is 0 Å². The van der Waals surface area contributed by atoms with E-state index in [1.807, 2.05) is 0 Å². The van der Waals surface area contributed by atoms with Gasteiger partial charge >= 0.3 is 0 Å². The zero-order valence-electron chi connectivity index (χ0n) is 5.49. The molecule has 0 aromatic rings. The number of hydrogen-bond donors (Lipinski definition) is 0. The van der Waals surface area contributed by atoms with Crippen molar-refractivity contribution in [2.75, 3.05) is 0 Å². The maximum atomic E-state index is 2.33. The molecule has 0 saturated heterocycles. The Bertz CT molecular complexity index is 64.6. The molecule has 0 aliphatic carbocycles. The van der Waals surface area contributed by atoms with Crippen molar-refractivity contribution in [2.24, 2.45) is 0 Å². The van der Waals surface area contributed by atoms with Crippen molar-refractivity contribution in [3.8, 4) is 0 Å². The molecule has 0 saturated carbocycles. The van der Waals surface area contributed by atoms with Gasteiger partial charge in [-0.15, -0.1) is 0 Å². The van der Waals surface area contributed by atoms with Crippen LogP contribution in [0.1, 0.15) is 26.7 Å². The Morgan fingerprint density at radius 2 is 2.14 bits per heavy atom. The summed E-state index contributed by atoms with van der Waals surface area (Å²) in [6, 6.07) is 0. The van der Waals surface area contributed by atoms with E-state index in [-0.39, 0.29) is 0 Å². The molecule has 0 fully saturated rings. The minimum atomic E-state index is 1.21. The van der Waals surface area contributed by atoms with Crippen LogP contribution < -0.4 is 0 Å². The maximum absolute atomic E-state index is 2.33. The second kappa shape index (κ2) is 4.12. The maximum Gasteiger partial charge on any atom is 0.0328 e. The highest BCUT2D eigenvalue weighted by molar-refractivity contribution is 6.21. The lowest BCUT2D eigenvalue weighted by atomic mass is 10.3. The second-order valence-corrected chi connectivity index (χ2v) is 3.10. The highest BCUT2D eigenvalue weighted by atomic mass is 28.1. The monoisotopic (exact) mass is 114 g/mol. The van der Waals surface area contributed by atoms with Crippen LogP contribution in [-0.4, -0.2) is 10.2 Å².